The van der Waals surface area contributed by atoms with Gasteiger partial charge in [0.25, 0.3) is 0 Å². The van der Waals surface area contributed by atoms with Gasteiger partial charge in [0, 0.05) is 23.5 Å². The maximum atomic E-state index is 12.0. The predicted molar refractivity (Wildman–Crippen MR) is 86.1 cm³/mol. The zero-order valence-electron chi connectivity index (χ0n) is 13.1. The molecule has 2 N–H and O–H groups in total. The van der Waals surface area contributed by atoms with Crippen LogP contribution in [0.25, 0.3) is 0 Å². The standard InChI is InChI=1S/C15H22N4O2S/c1-15(2,3)12-17-14(22-19-12)18-13(20)16-7-9-4-5-11-6-10(9)8-21-11/h4-5,9-11H,6-8H2,1-3H3,(H2,16,17,18,19,20)/t9-,10+,11-/m0/s1. The van der Waals surface area contributed by atoms with Crippen molar-refractivity contribution in [2.75, 3.05) is 18.5 Å². The number of aromatic nitrogens is 2. The van der Waals surface area contributed by atoms with Gasteiger partial charge >= 0.3 is 6.03 Å². The van der Waals surface area contributed by atoms with E-state index < -0.39 is 0 Å². The minimum atomic E-state index is -0.231. The van der Waals surface area contributed by atoms with Gasteiger partial charge < -0.3 is 10.1 Å². The molecule has 2 heterocycles. The molecule has 0 unspecified atom stereocenters. The molecule has 6 nitrogen and oxygen atoms in total. The lowest BCUT2D eigenvalue weighted by Crippen LogP contribution is -2.35. The van der Waals surface area contributed by atoms with Crippen molar-refractivity contribution in [3.8, 4) is 0 Å². The van der Waals surface area contributed by atoms with Crippen molar-refractivity contribution < 1.29 is 9.53 Å². The second kappa shape index (κ2) is 5.96. The second-order valence-corrected chi connectivity index (χ2v) is 7.68. The minimum absolute atomic E-state index is 0.112. The van der Waals surface area contributed by atoms with Gasteiger partial charge in [-0.2, -0.15) is 4.37 Å². The summed E-state index contributed by atoms with van der Waals surface area (Å²) in [4.78, 5) is 16.3. The minimum Gasteiger partial charge on any atom is -0.374 e. The summed E-state index contributed by atoms with van der Waals surface area (Å²) in [5.41, 5.74) is -0.112. The Morgan fingerprint density at radius 2 is 2.27 bits per heavy atom. The van der Waals surface area contributed by atoms with Gasteiger partial charge in [0.05, 0.1) is 12.7 Å². The highest BCUT2D eigenvalue weighted by molar-refractivity contribution is 7.09. The van der Waals surface area contributed by atoms with Crippen molar-refractivity contribution in [2.45, 2.75) is 38.7 Å². The third-order valence-corrected chi connectivity index (χ3v) is 4.68. The molecule has 1 aliphatic carbocycles. The number of carbonyl (C=O) groups excluding carboxylic acids is 1. The van der Waals surface area contributed by atoms with E-state index in [1.54, 1.807) is 0 Å². The average Bonchev–Trinajstić information content (AvgIpc) is 3.05. The number of hydrogen-bond donors (Lipinski definition) is 2. The summed E-state index contributed by atoms with van der Waals surface area (Å²) in [5, 5.41) is 6.20. The molecule has 2 amide bonds. The first-order valence-electron chi connectivity index (χ1n) is 7.61. The lowest BCUT2D eigenvalue weighted by atomic mass is 9.85. The molecule has 7 heteroatoms. The Hall–Kier alpha value is -1.47. The van der Waals surface area contributed by atoms with Crippen LogP contribution in [-0.4, -0.2) is 34.6 Å². The van der Waals surface area contributed by atoms with Crippen LogP contribution in [0.15, 0.2) is 12.2 Å². The first-order chi connectivity index (χ1) is 10.4. The largest absolute Gasteiger partial charge is 0.374 e. The highest BCUT2D eigenvalue weighted by Gasteiger charge is 2.33. The topological polar surface area (TPSA) is 76.1 Å². The van der Waals surface area contributed by atoms with Gasteiger partial charge in [0.15, 0.2) is 0 Å². The molecular formula is C15H22N4O2S. The lowest BCUT2D eigenvalue weighted by Gasteiger charge is -2.22. The van der Waals surface area contributed by atoms with Crippen LogP contribution in [-0.2, 0) is 10.2 Å². The molecule has 0 spiro atoms. The monoisotopic (exact) mass is 322 g/mol. The molecular weight excluding hydrogens is 300 g/mol. The number of urea groups is 1. The Morgan fingerprint density at radius 1 is 1.45 bits per heavy atom. The molecule has 2 bridgehead atoms. The Labute approximate surface area is 134 Å². The van der Waals surface area contributed by atoms with Crippen molar-refractivity contribution in [1.82, 2.24) is 14.7 Å². The van der Waals surface area contributed by atoms with Crippen molar-refractivity contribution in [1.29, 1.82) is 0 Å². The van der Waals surface area contributed by atoms with Crippen LogP contribution in [0.1, 0.15) is 33.0 Å². The summed E-state index contributed by atoms with van der Waals surface area (Å²) in [6.07, 6.45) is 5.62. The molecule has 2 aliphatic rings. The quantitative estimate of drug-likeness (QED) is 0.839. The Bertz CT molecular complexity index is 578. The summed E-state index contributed by atoms with van der Waals surface area (Å²) in [7, 11) is 0. The van der Waals surface area contributed by atoms with Gasteiger partial charge in [-0.05, 0) is 18.3 Å². The fourth-order valence-electron chi connectivity index (χ4n) is 2.70. The van der Waals surface area contributed by atoms with Crippen molar-refractivity contribution in [2.24, 2.45) is 11.8 Å². The molecule has 1 aliphatic heterocycles. The maximum Gasteiger partial charge on any atom is 0.321 e. The molecule has 3 rings (SSSR count). The summed E-state index contributed by atoms with van der Waals surface area (Å²) >= 11 is 1.21. The van der Waals surface area contributed by atoms with Gasteiger partial charge in [-0.1, -0.05) is 32.9 Å². The van der Waals surface area contributed by atoms with E-state index in [4.69, 9.17) is 4.74 Å². The smallest absolute Gasteiger partial charge is 0.321 e. The number of nitrogens with zero attached hydrogens (tertiary/aromatic N) is 2. The van der Waals surface area contributed by atoms with Crippen LogP contribution in [0, 0.1) is 11.8 Å². The van der Waals surface area contributed by atoms with Gasteiger partial charge in [0.2, 0.25) is 5.13 Å². The molecule has 1 fully saturated rings. The summed E-state index contributed by atoms with van der Waals surface area (Å²) in [5.74, 6) is 1.62. The van der Waals surface area contributed by atoms with Crippen LogP contribution in [0.5, 0.6) is 0 Å². The Balaban J connectivity index is 1.49. The molecule has 1 saturated heterocycles. The molecule has 0 saturated carbocycles. The lowest BCUT2D eigenvalue weighted by molar-refractivity contribution is 0.140. The number of anilines is 1. The van der Waals surface area contributed by atoms with Crippen LogP contribution in [0.4, 0.5) is 9.93 Å². The van der Waals surface area contributed by atoms with E-state index in [9.17, 15) is 4.79 Å². The van der Waals surface area contributed by atoms with Crippen molar-refractivity contribution >= 4 is 22.7 Å². The third-order valence-electron chi connectivity index (χ3n) is 4.05. The molecule has 3 atom stereocenters. The highest BCUT2D eigenvalue weighted by Crippen LogP contribution is 2.32. The van der Waals surface area contributed by atoms with E-state index in [1.165, 1.54) is 11.5 Å². The first kappa shape index (κ1) is 15.4. The molecule has 1 aromatic heterocycles. The molecule has 120 valence electrons. The summed E-state index contributed by atoms with van der Waals surface area (Å²) in [6.45, 7) is 7.55. The zero-order chi connectivity index (χ0) is 15.7. The molecule has 22 heavy (non-hydrogen) atoms. The predicted octanol–water partition coefficient (Wildman–Crippen LogP) is 2.55. The number of carbonyl (C=O) groups is 1. The highest BCUT2D eigenvalue weighted by atomic mass is 32.1. The first-order valence-corrected chi connectivity index (χ1v) is 8.38. The Kier molecular flexibility index (Phi) is 4.18. The summed E-state index contributed by atoms with van der Waals surface area (Å²) in [6, 6.07) is -0.231. The average molecular weight is 322 g/mol. The van der Waals surface area contributed by atoms with E-state index in [0.717, 1.165) is 18.9 Å². The van der Waals surface area contributed by atoms with E-state index in [1.807, 2.05) is 20.8 Å². The van der Waals surface area contributed by atoms with Gasteiger partial charge in [0.1, 0.15) is 5.82 Å². The number of rotatable bonds is 3. The van der Waals surface area contributed by atoms with E-state index in [0.29, 0.717) is 23.5 Å². The number of fused-ring (bicyclic) bond motifs is 2. The second-order valence-electron chi connectivity index (χ2n) is 6.92. The van der Waals surface area contributed by atoms with Gasteiger partial charge in [-0.25, -0.2) is 9.78 Å². The van der Waals surface area contributed by atoms with Crippen LogP contribution >= 0.6 is 11.5 Å². The van der Waals surface area contributed by atoms with E-state index in [-0.39, 0.29) is 17.6 Å². The fourth-order valence-corrected chi connectivity index (χ4v) is 3.46. The van der Waals surface area contributed by atoms with E-state index in [2.05, 4.69) is 32.1 Å². The molecule has 1 aromatic rings. The molecule has 0 aromatic carbocycles. The Morgan fingerprint density at radius 3 is 3.00 bits per heavy atom. The number of nitrogens with one attached hydrogen (secondary N) is 2. The van der Waals surface area contributed by atoms with Gasteiger partial charge in [-0.3, -0.25) is 5.32 Å². The SMILES string of the molecule is CC(C)(C)c1nsc(NC(=O)NC[C@@H]2C=C[C@H]3C[C@@H]2CO3)n1. The number of ether oxygens (including phenoxy) is 1. The van der Waals surface area contributed by atoms with E-state index >= 15 is 0 Å². The van der Waals surface area contributed by atoms with Crippen molar-refractivity contribution in [3.63, 3.8) is 0 Å². The summed E-state index contributed by atoms with van der Waals surface area (Å²) < 4.78 is 9.89. The van der Waals surface area contributed by atoms with Crippen LogP contribution in [0.2, 0.25) is 0 Å². The maximum absolute atomic E-state index is 12.0. The number of amides is 2. The zero-order valence-corrected chi connectivity index (χ0v) is 13.9. The fraction of sp³-hybridized carbons (Fsp3) is 0.667. The molecule has 0 radical (unpaired) electrons. The van der Waals surface area contributed by atoms with Crippen molar-refractivity contribution in [3.05, 3.63) is 18.0 Å². The normalized spacial score (nSPS) is 27.0. The van der Waals surface area contributed by atoms with Crippen LogP contribution < -0.4 is 10.6 Å². The number of hydrogen-bond acceptors (Lipinski definition) is 5. The van der Waals surface area contributed by atoms with Crippen LogP contribution in [0.3, 0.4) is 0 Å². The third kappa shape index (κ3) is 3.47. The van der Waals surface area contributed by atoms with Gasteiger partial charge in [-0.15, -0.1) is 0 Å².